The molecule has 1 saturated heterocycles. The standard InChI is InChI=1S/C8H15NO4S/c1-12-8-6-4-2-3-5-7(6)13-14(10,11)9-8/h6-9H,2-5H2,1H3/t6-,7+,8?/m1/s1. The Morgan fingerprint density at radius 3 is 2.79 bits per heavy atom. The van der Waals surface area contributed by atoms with E-state index in [2.05, 4.69) is 4.72 Å². The van der Waals surface area contributed by atoms with Crippen molar-refractivity contribution in [3.05, 3.63) is 0 Å². The third-order valence-corrected chi connectivity index (χ3v) is 3.93. The lowest BCUT2D eigenvalue weighted by Gasteiger charge is -2.39. The summed E-state index contributed by atoms with van der Waals surface area (Å²) in [4.78, 5) is 0. The number of nitrogens with one attached hydrogen (secondary N) is 1. The molecule has 0 amide bonds. The molecule has 0 aromatic heterocycles. The summed E-state index contributed by atoms with van der Waals surface area (Å²) in [6.45, 7) is 0. The quantitative estimate of drug-likeness (QED) is 0.695. The fourth-order valence-corrected chi connectivity index (χ4v) is 3.41. The molecule has 1 unspecified atom stereocenters. The van der Waals surface area contributed by atoms with E-state index in [9.17, 15) is 8.42 Å². The van der Waals surface area contributed by atoms with Crippen molar-refractivity contribution < 1.29 is 17.3 Å². The molecule has 14 heavy (non-hydrogen) atoms. The highest BCUT2D eigenvalue weighted by Gasteiger charge is 2.42. The summed E-state index contributed by atoms with van der Waals surface area (Å²) >= 11 is 0. The Hall–Kier alpha value is -0.170. The smallest absolute Gasteiger partial charge is 0.338 e. The fourth-order valence-electron chi connectivity index (χ4n) is 2.23. The number of rotatable bonds is 1. The minimum atomic E-state index is -3.59. The summed E-state index contributed by atoms with van der Waals surface area (Å²) in [5.41, 5.74) is 0. The van der Waals surface area contributed by atoms with Crippen LogP contribution >= 0.6 is 0 Å². The van der Waals surface area contributed by atoms with Crippen molar-refractivity contribution in [2.45, 2.75) is 38.0 Å². The van der Waals surface area contributed by atoms with Crippen LogP contribution in [-0.2, 0) is 19.2 Å². The lowest BCUT2D eigenvalue weighted by atomic mass is 9.85. The topological polar surface area (TPSA) is 64.6 Å². The van der Waals surface area contributed by atoms with Gasteiger partial charge in [0.15, 0.2) is 0 Å². The van der Waals surface area contributed by atoms with E-state index in [0.717, 1.165) is 25.7 Å². The van der Waals surface area contributed by atoms with Crippen LogP contribution in [0.1, 0.15) is 25.7 Å². The number of ether oxygens (including phenoxy) is 1. The van der Waals surface area contributed by atoms with E-state index in [0.29, 0.717) is 0 Å². The molecule has 1 saturated carbocycles. The molecule has 1 aliphatic carbocycles. The monoisotopic (exact) mass is 221 g/mol. The van der Waals surface area contributed by atoms with Crippen LogP contribution < -0.4 is 4.72 Å². The van der Waals surface area contributed by atoms with Gasteiger partial charge in [0.05, 0.1) is 6.10 Å². The molecule has 0 bridgehead atoms. The molecule has 0 aromatic rings. The molecule has 1 aliphatic heterocycles. The molecule has 1 heterocycles. The van der Waals surface area contributed by atoms with Crippen molar-refractivity contribution in [2.24, 2.45) is 5.92 Å². The van der Waals surface area contributed by atoms with E-state index in [1.807, 2.05) is 0 Å². The second-order valence-corrected chi connectivity index (χ2v) is 5.15. The van der Waals surface area contributed by atoms with Gasteiger partial charge in [0.2, 0.25) is 0 Å². The first-order valence-corrected chi connectivity index (χ1v) is 6.26. The first-order chi connectivity index (χ1) is 6.62. The van der Waals surface area contributed by atoms with Crippen molar-refractivity contribution >= 4 is 10.3 Å². The predicted molar refractivity (Wildman–Crippen MR) is 49.7 cm³/mol. The molecule has 2 rings (SSSR count). The van der Waals surface area contributed by atoms with Gasteiger partial charge in [0.1, 0.15) is 6.23 Å². The Kier molecular flexibility index (Phi) is 2.79. The van der Waals surface area contributed by atoms with Gasteiger partial charge in [-0.25, -0.2) is 0 Å². The Labute approximate surface area is 84.0 Å². The van der Waals surface area contributed by atoms with Crippen LogP contribution in [0.5, 0.6) is 0 Å². The van der Waals surface area contributed by atoms with E-state index in [4.69, 9.17) is 8.92 Å². The maximum Gasteiger partial charge on any atom is 0.338 e. The molecule has 0 radical (unpaired) electrons. The summed E-state index contributed by atoms with van der Waals surface area (Å²) in [7, 11) is -2.07. The second-order valence-electron chi connectivity index (χ2n) is 3.81. The lowest BCUT2D eigenvalue weighted by Crippen LogP contribution is -2.54. The van der Waals surface area contributed by atoms with Gasteiger partial charge in [0, 0.05) is 13.0 Å². The summed E-state index contributed by atoms with van der Waals surface area (Å²) in [6.07, 6.45) is 3.31. The summed E-state index contributed by atoms with van der Waals surface area (Å²) in [5.74, 6) is 0.164. The highest BCUT2D eigenvalue weighted by Crippen LogP contribution is 2.33. The molecule has 1 N–H and O–H groups in total. The van der Waals surface area contributed by atoms with Crippen molar-refractivity contribution in [2.75, 3.05) is 7.11 Å². The maximum absolute atomic E-state index is 11.3. The van der Waals surface area contributed by atoms with Gasteiger partial charge in [-0.2, -0.15) is 13.1 Å². The van der Waals surface area contributed by atoms with Crippen LogP contribution in [-0.4, -0.2) is 27.9 Å². The SMILES string of the molecule is COC1NS(=O)(=O)O[C@H]2CCCC[C@@H]12. The predicted octanol–water partition coefficient (Wildman–Crippen LogP) is 0.382. The van der Waals surface area contributed by atoms with Crippen LogP contribution in [0.25, 0.3) is 0 Å². The molecule has 3 atom stereocenters. The van der Waals surface area contributed by atoms with E-state index in [1.54, 1.807) is 0 Å². The number of hydrogen-bond acceptors (Lipinski definition) is 4. The Morgan fingerprint density at radius 2 is 2.07 bits per heavy atom. The fraction of sp³-hybridized carbons (Fsp3) is 1.00. The van der Waals surface area contributed by atoms with Crippen LogP contribution in [0, 0.1) is 5.92 Å². The van der Waals surface area contributed by atoms with E-state index in [1.165, 1.54) is 7.11 Å². The average molecular weight is 221 g/mol. The molecule has 2 aliphatic rings. The highest BCUT2D eigenvalue weighted by molar-refractivity contribution is 7.84. The van der Waals surface area contributed by atoms with Crippen molar-refractivity contribution in [3.63, 3.8) is 0 Å². The average Bonchev–Trinajstić information content (AvgIpc) is 2.15. The number of methoxy groups -OCH3 is 1. The summed E-state index contributed by atoms with van der Waals surface area (Å²) in [5, 5.41) is 0. The second kappa shape index (κ2) is 3.77. The van der Waals surface area contributed by atoms with E-state index in [-0.39, 0.29) is 12.0 Å². The Bertz CT molecular complexity index is 288. The molecule has 2 fully saturated rings. The highest BCUT2D eigenvalue weighted by atomic mass is 32.2. The van der Waals surface area contributed by atoms with Gasteiger partial charge in [-0.15, -0.1) is 0 Å². The lowest BCUT2D eigenvalue weighted by molar-refractivity contribution is -0.0487. The van der Waals surface area contributed by atoms with E-state index < -0.39 is 16.5 Å². The first kappa shape index (κ1) is 10.4. The van der Waals surface area contributed by atoms with Gasteiger partial charge in [-0.05, 0) is 12.8 Å². The largest absolute Gasteiger partial charge is 0.365 e. The molecule has 0 spiro atoms. The maximum atomic E-state index is 11.3. The van der Waals surface area contributed by atoms with Gasteiger partial charge < -0.3 is 4.74 Å². The Morgan fingerprint density at radius 1 is 1.36 bits per heavy atom. The van der Waals surface area contributed by atoms with Gasteiger partial charge in [-0.1, -0.05) is 12.8 Å². The third-order valence-electron chi connectivity index (χ3n) is 2.91. The van der Waals surface area contributed by atoms with Crippen molar-refractivity contribution in [1.29, 1.82) is 0 Å². The zero-order valence-electron chi connectivity index (χ0n) is 8.10. The molecular weight excluding hydrogens is 206 g/mol. The zero-order chi connectivity index (χ0) is 10.2. The van der Waals surface area contributed by atoms with Crippen molar-refractivity contribution in [1.82, 2.24) is 4.72 Å². The zero-order valence-corrected chi connectivity index (χ0v) is 8.92. The number of fused-ring (bicyclic) bond motifs is 1. The van der Waals surface area contributed by atoms with Crippen molar-refractivity contribution in [3.8, 4) is 0 Å². The summed E-state index contributed by atoms with van der Waals surface area (Å²) in [6, 6.07) is 0. The van der Waals surface area contributed by atoms with E-state index >= 15 is 0 Å². The molecular formula is C8H15NO4S. The third kappa shape index (κ3) is 1.93. The van der Waals surface area contributed by atoms with Crippen LogP contribution in [0.2, 0.25) is 0 Å². The van der Waals surface area contributed by atoms with Gasteiger partial charge in [-0.3, -0.25) is 4.18 Å². The van der Waals surface area contributed by atoms with Crippen LogP contribution in [0.3, 0.4) is 0 Å². The first-order valence-electron chi connectivity index (χ1n) is 4.86. The Balaban J connectivity index is 2.17. The molecule has 0 aromatic carbocycles. The van der Waals surface area contributed by atoms with Crippen LogP contribution in [0.4, 0.5) is 0 Å². The molecule has 82 valence electrons. The van der Waals surface area contributed by atoms with Gasteiger partial charge in [0.25, 0.3) is 0 Å². The van der Waals surface area contributed by atoms with Crippen LogP contribution in [0.15, 0.2) is 0 Å². The summed E-state index contributed by atoms with van der Waals surface area (Å²) < 4.78 is 35.0. The molecule has 5 nitrogen and oxygen atoms in total. The normalized spacial score (nSPS) is 41.6. The van der Waals surface area contributed by atoms with Gasteiger partial charge >= 0.3 is 10.3 Å². The minimum Gasteiger partial charge on any atom is -0.365 e. The number of hydrogen-bond donors (Lipinski definition) is 1. The molecule has 6 heteroatoms. The minimum absolute atomic E-state index is 0.164.